The third-order valence-corrected chi connectivity index (χ3v) is 4.04. The van der Waals surface area contributed by atoms with Gasteiger partial charge in [0.1, 0.15) is 12.3 Å². The number of rotatable bonds is 4. The lowest BCUT2D eigenvalue weighted by atomic mass is 10.1. The zero-order chi connectivity index (χ0) is 21.2. The van der Waals surface area contributed by atoms with Crippen LogP contribution in [0.4, 0.5) is 30.2 Å². The third-order valence-electron chi connectivity index (χ3n) is 4.04. The highest BCUT2D eigenvalue weighted by atomic mass is 19.4. The molecule has 0 fully saturated rings. The normalized spacial score (nSPS) is 13.4. The molecule has 0 spiro atoms. The predicted molar refractivity (Wildman–Crippen MR) is 98.7 cm³/mol. The minimum Gasteiger partial charge on any atom is -0.482 e. The Morgan fingerprint density at radius 1 is 1.10 bits per heavy atom. The third kappa shape index (κ3) is 4.65. The number of carbonyl (C=O) groups excluding carboxylic acids is 3. The van der Waals surface area contributed by atoms with Crippen molar-refractivity contribution in [1.29, 1.82) is 0 Å². The monoisotopic (exact) mass is 407 g/mol. The van der Waals surface area contributed by atoms with E-state index in [1.807, 2.05) is 0 Å². The first-order chi connectivity index (χ1) is 13.6. The van der Waals surface area contributed by atoms with E-state index in [1.165, 1.54) is 11.8 Å². The van der Waals surface area contributed by atoms with Crippen LogP contribution in [-0.2, 0) is 20.6 Å². The fourth-order valence-corrected chi connectivity index (χ4v) is 2.78. The fraction of sp³-hybridized carbons (Fsp3) is 0.211. The number of nitrogens with one attached hydrogen (secondary N) is 2. The van der Waals surface area contributed by atoms with E-state index >= 15 is 0 Å². The van der Waals surface area contributed by atoms with Gasteiger partial charge in [0.2, 0.25) is 11.8 Å². The molecule has 0 saturated carbocycles. The van der Waals surface area contributed by atoms with E-state index in [0.717, 1.165) is 18.2 Å². The van der Waals surface area contributed by atoms with Crippen molar-refractivity contribution in [2.75, 3.05) is 28.7 Å². The van der Waals surface area contributed by atoms with Gasteiger partial charge in [-0.05, 0) is 30.3 Å². The summed E-state index contributed by atoms with van der Waals surface area (Å²) in [6, 6.07) is 9.15. The Balaban J connectivity index is 1.85. The second-order valence-electron chi connectivity index (χ2n) is 6.22. The Bertz CT molecular complexity index is 975. The van der Waals surface area contributed by atoms with Crippen LogP contribution in [0.1, 0.15) is 12.5 Å². The maximum Gasteiger partial charge on any atom is 0.416 e. The van der Waals surface area contributed by atoms with Crippen LogP contribution < -0.4 is 20.3 Å². The van der Waals surface area contributed by atoms with E-state index in [0.29, 0.717) is 11.4 Å². The standard InChI is InChI=1S/C19H16F3N3O4/c1-11(26)23-13-7-6-12(19(20,21)22)8-14(13)24-17(27)9-25-15-4-2-3-5-16(15)29-10-18(25)28/h2-8H,9-10H2,1H3,(H,23,26)(H,24,27). The van der Waals surface area contributed by atoms with E-state index in [2.05, 4.69) is 10.6 Å². The number of hydrogen-bond donors (Lipinski definition) is 2. The van der Waals surface area contributed by atoms with Crippen molar-refractivity contribution < 1.29 is 32.3 Å². The maximum atomic E-state index is 13.0. The first-order valence-corrected chi connectivity index (χ1v) is 8.46. The van der Waals surface area contributed by atoms with Gasteiger partial charge in [0, 0.05) is 6.92 Å². The van der Waals surface area contributed by atoms with Gasteiger partial charge in [-0.1, -0.05) is 12.1 Å². The second kappa shape index (κ2) is 7.82. The van der Waals surface area contributed by atoms with Crippen molar-refractivity contribution in [1.82, 2.24) is 0 Å². The van der Waals surface area contributed by atoms with Crippen LogP contribution >= 0.6 is 0 Å². The minimum atomic E-state index is -4.63. The number of fused-ring (bicyclic) bond motifs is 1. The molecule has 0 saturated heterocycles. The molecule has 0 aliphatic carbocycles. The highest BCUT2D eigenvalue weighted by Gasteiger charge is 2.32. The number of benzene rings is 2. The summed E-state index contributed by atoms with van der Waals surface area (Å²) >= 11 is 0. The number of ether oxygens (including phenoxy) is 1. The molecular weight excluding hydrogens is 391 g/mol. The van der Waals surface area contributed by atoms with E-state index in [1.54, 1.807) is 24.3 Å². The number of alkyl halides is 3. The summed E-state index contributed by atoms with van der Waals surface area (Å²) < 4.78 is 44.4. The minimum absolute atomic E-state index is 0.00699. The molecule has 2 aromatic rings. The largest absolute Gasteiger partial charge is 0.482 e. The molecule has 0 radical (unpaired) electrons. The van der Waals surface area contributed by atoms with Crippen LogP contribution in [0.3, 0.4) is 0 Å². The van der Waals surface area contributed by atoms with Crippen LogP contribution in [0, 0.1) is 0 Å². The number of carbonyl (C=O) groups is 3. The summed E-state index contributed by atoms with van der Waals surface area (Å²) in [7, 11) is 0. The quantitative estimate of drug-likeness (QED) is 0.816. The van der Waals surface area contributed by atoms with Crippen molar-refractivity contribution in [3.8, 4) is 5.75 Å². The molecule has 1 aliphatic rings. The molecule has 0 aromatic heterocycles. The van der Waals surface area contributed by atoms with E-state index in [9.17, 15) is 27.6 Å². The molecular formula is C19H16F3N3O4. The highest BCUT2D eigenvalue weighted by molar-refractivity contribution is 6.06. The Labute approximate surface area is 163 Å². The molecule has 0 unspecified atom stereocenters. The average molecular weight is 407 g/mol. The van der Waals surface area contributed by atoms with Crippen LogP contribution in [0.5, 0.6) is 5.75 Å². The van der Waals surface area contributed by atoms with Crippen LogP contribution in [0.15, 0.2) is 42.5 Å². The van der Waals surface area contributed by atoms with E-state index in [-0.39, 0.29) is 18.0 Å². The number of amides is 3. The molecule has 1 heterocycles. The zero-order valence-corrected chi connectivity index (χ0v) is 15.2. The van der Waals surface area contributed by atoms with Gasteiger partial charge in [-0.2, -0.15) is 13.2 Å². The topological polar surface area (TPSA) is 87.7 Å². The second-order valence-corrected chi connectivity index (χ2v) is 6.22. The lowest BCUT2D eigenvalue weighted by Crippen LogP contribution is -2.43. The van der Waals surface area contributed by atoms with Crippen LogP contribution in [0.25, 0.3) is 0 Å². The van der Waals surface area contributed by atoms with Gasteiger partial charge in [-0.15, -0.1) is 0 Å². The first-order valence-electron chi connectivity index (χ1n) is 8.46. The molecule has 3 amide bonds. The van der Waals surface area contributed by atoms with Gasteiger partial charge in [-0.25, -0.2) is 0 Å². The Hall–Kier alpha value is -3.56. The first kappa shape index (κ1) is 20.2. The number of hydrogen-bond acceptors (Lipinski definition) is 4. The average Bonchev–Trinajstić information content (AvgIpc) is 2.64. The SMILES string of the molecule is CC(=O)Nc1ccc(C(F)(F)F)cc1NC(=O)CN1C(=O)COc2ccccc21. The van der Waals surface area contributed by atoms with Crippen molar-refractivity contribution in [2.24, 2.45) is 0 Å². The van der Waals surface area contributed by atoms with Gasteiger partial charge < -0.3 is 15.4 Å². The van der Waals surface area contributed by atoms with Crippen molar-refractivity contribution >= 4 is 34.8 Å². The molecule has 152 valence electrons. The summed E-state index contributed by atoms with van der Waals surface area (Å²) in [5.41, 5.74) is -0.832. The molecule has 7 nitrogen and oxygen atoms in total. The van der Waals surface area contributed by atoms with Crippen LogP contribution in [0.2, 0.25) is 0 Å². The fourth-order valence-electron chi connectivity index (χ4n) is 2.78. The Morgan fingerprint density at radius 2 is 1.83 bits per heavy atom. The molecule has 29 heavy (non-hydrogen) atoms. The molecule has 0 atom stereocenters. The zero-order valence-electron chi connectivity index (χ0n) is 15.2. The summed E-state index contributed by atoms with van der Waals surface area (Å²) in [5, 5.41) is 4.70. The number of anilines is 3. The maximum absolute atomic E-state index is 13.0. The summed E-state index contributed by atoms with van der Waals surface area (Å²) in [6.07, 6.45) is -4.63. The lowest BCUT2D eigenvalue weighted by molar-refractivity contribution is -0.137. The smallest absolute Gasteiger partial charge is 0.416 e. The van der Waals surface area contributed by atoms with Crippen molar-refractivity contribution in [3.05, 3.63) is 48.0 Å². The number of nitrogens with zero attached hydrogens (tertiary/aromatic N) is 1. The van der Waals surface area contributed by atoms with E-state index in [4.69, 9.17) is 4.74 Å². The van der Waals surface area contributed by atoms with E-state index < -0.39 is 36.0 Å². The molecule has 10 heteroatoms. The van der Waals surface area contributed by atoms with Gasteiger partial charge >= 0.3 is 6.18 Å². The van der Waals surface area contributed by atoms with Crippen molar-refractivity contribution in [3.63, 3.8) is 0 Å². The summed E-state index contributed by atoms with van der Waals surface area (Å²) in [5.74, 6) is -1.30. The predicted octanol–water partition coefficient (Wildman–Crippen LogP) is 3.03. The van der Waals surface area contributed by atoms with Crippen LogP contribution in [-0.4, -0.2) is 30.9 Å². The molecule has 3 rings (SSSR count). The molecule has 0 bridgehead atoms. The lowest BCUT2D eigenvalue weighted by Gasteiger charge is -2.28. The van der Waals surface area contributed by atoms with Crippen molar-refractivity contribution in [2.45, 2.75) is 13.1 Å². The summed E-state index contributed by atoms with van der Waals surface area (Å²) in [4.78, 5) is 37.2. The van der Waals surface area contributed by atoms with Gasteiger partial charge in [-0.3, -0.25) is 19.3 Å². The number of para-hydroxylation sites is 2. The Kier molecular flexibility index (Phi) is 5.44. The van der Waals surface area contributed by atoms with Gasteiger partial charge in [0.15, 0.2) is 6.61 Å². The summed E-state index contributed by atoms with van der Waals surface area (Å²) in [6.45, 7) is 0.493. The molecule has 1 aliphatic heterocycles. The van der Waals surface area contributed by atoms with Gasteiger partial charge in [0.25, 0.3) is 5.91 Å². The highest BCUT2D eigenvalue weighted by Crippen LogP contribution is 2.35. The van der Waals surface area contributed by atoms with Gasteiger partial charge in [0.05, 0.1) is 22.6 Å². The number of halogens is 3. The molecule has 2 aromatic carbocycles. The Morgan fingerprint density at radius 3 is 2.52 bits per heavy atom. The molecule has 2 N–H and O–H groups in total.